The molecule has 0 saturated heterocycles. The Morgan fingerprint density at radius 2 is 1.74 bits per heavy atom. The van der Waals surface area contributed by atoms with Gasteiger partial charge in [-0.05, 0) is 69.7 Å². The molecule has 0 saturated carbocycles. The summed E-state index contributed by atoms with van der Waals surface area (Å²) < 4.78 is 11.2. The van der Waals surface area contributed by atoms with E-state index in [1.807, 2.05) is 19.1 Å². The molecule has 0 aromatic heterocycles. The Labute approximate surface area is 214 Å². The highest BCUT2D eigenvalue weighted by atomic mass is 35.5. The molecular weight excluding hydrogens is 479 g/mol. The summed E-state index contributed by atoms with van der Waals surface area (Å²) in [7, 11) is 0. The van der Waals surface area contributed by atoms with Crippen LogP contribution in [-0.4, -0.2) is 60.3 Å². The van der Waals surface area contributed by atoms with Crippen molar-refractivity contribution in [2.24, 2.45) is 5.41 Å². The second-order valence-corrected chi connectivity index (χ2v) is 10.8. The number of carboxylic acids is 1. The molecule has 0 fully saturated rings. The van der Waals surface area contributed by atoms with Crippen molar-refractivity contribution >= 4 is 41.0 Å². The van der Waals surface area contributed by atoms with E-state index >= 15 is 0 Å². The zero-order valence-electron chi connectivity index (χ0n) is 21.2. The van der Waals surface area contributed by atoms with E-state index in [9.17, 15) is 14.7 Å². The Morgan fingerprint density at radius 3 is 2.24 bits per heavy atom. The number of ether oxygens (including phenoxy) is 2. The maximum absolute atomic E-state index is 12.3. The first kappa shape index (κ1) is 30.2. The maximum atomic E-state index is 12.3. The Morgan fingerprint density at radius 1 is 1.12 bits per heavy atom. The van der Waals surface area contributed by atoms with Gasteiger partial charge in [-0.1, -0.05) is 13.8 Å². The van der Waals surface area contributed by atoms with Gasteiger partial charge in [-0.15, -0.1) is 23.2 Å². The largest absolute Gasteiger partial charge is 0.494 e. The highest BCUT2D eigenvalue weighted by Gasteiger charge is 2.29. The smallest absolute Gasteiger partial charge is 0.407 e. The summed E-state index contributed by atoms with van der Waals surface area (Å²) in [6.45, 7) is 13.2. The lowest BCUT2D eigenvalue weighted by Crippen LogP contribution is -2.42. The maximum Gasteiger partial charge on any atom is 0.407 e. The second kappa shape index (κ2) is 13.9. The van der Waals surface area contributed by atoms with Gasteiger partial charge in [-0.25, -0.2) is 4.79 Å². The van der Waals surface area contributed by atoms with Crippen molar-refractivity contribution in [3.05, 3.63) is 23.8 Å². The van der Waals surface area contributed by atoms with Gasteiger partial charge in [0.1, 0.15) is 11.4 Å². The lowest BCUT2D eigenvalue weighted by Gasteiger charge is -2.32. The summed E-state index contributed by atoms with van der Waals surface area (Å²) in [6, 6.07) is 5.45. The number of nitrogens with zero attached hydrogens (tertiary/aromatic N) is 1. The van der Waals surface area contributed by atoms with Crippen LogP contribution in [0.4, 0.5) is 10.5 Å². The number of benzene rings is 1. The molecule has 0 unspecified atom stereocenters. The van der Waals surface area contributed by atoms with Crippen molar-refractivity contribution in [1.82, 2.24) is 5.32 Å². The summed E-state index contributed by atoms with van der Waals surface area (Å²) in [5.41, 5.74) is 0.996. The third kappa shape index (κ3) is 11.5. The van der Waals surface area contributed by atoms with E-state index in [0.29, 0.717) is 44.3 Å². The minimum Gasteiger partial charge on any atom is -0.494 e. The molecule has 9 heteroatoms. The number of carbonyl (C=O) groups excluding carboxylic acids is 1. The highest BCUT2D eigenvalue weighted by molar-refractivity contribution is 6.18. The number of hydrogen-bond acceptors (Lipinski definition) is 5. The number of carboxylic acid groups (broad SMARTS) is 1. The molecule has 0 aliphatic rings. The molecule has 0 radical (unpaired) electrons. The molecule has 7 nitrogen and oxygen atoms in total. The van der Waals surface area contributed by atoms with Gasteiger partial charge in [0.25, 0.3) is 0 Å². The summed E-state index contributed by atoms with van der Waals surface area (Å²) in [6.07, 6.45) is 0.254. The van der Waals surface area contributed by atoms with Crippen LogP contribution in [0.3, 0.4) is 0 Å². The lowest BCUT2D eigenvalue weighted by atomic mass is 9.79. The Bertz CT molecular complexity index is 790. The third-order valence-corrected chi connectivity index (χ3v) is 5.37. The summed E-state index contributed by atoms with van der Waals surface area (Å²) >= 11 is 12.0. The van der Waals surface area contributed by atoms with E-state index in [1.165, 1.54) is 0 Å². The number of carbonyl (C=O) groups is 2. The molecule has 0 heterocycles. The number of alkyl carbamates (subject to hydrolysis) is 1. The van der Waals surface area contributed by atoms with Crippen LogP contribution in [0, 0.1) is 5.41 Å². The first-order valence-electron chi connectivity index (χ1n) is 11.6. The van der Waals surface area contributed by atoms with Crippen molar-refractivity contribution in [2.75, 3.05) is 36.4 Å². The second-order valence-electron chi connectivity index (χ2n) is 10.1. The lowest BCUT2D eigenvalue weighted by molar-refractivity contribution is -0.137. The zero-order valence-corrected chi connectivity index (χ0v) is 22.8. The number of rotatable bonds is 14. The van der Waals surface area contributed by atoms with E-state index < -0.39 is 23.7 Å². The van der Waals surface area contributed by atoms with Crippen LogP contribution in [-0.2, 0) is 16.0 Å². The molecule has 194 valence electrons. The summed E-state index contributed by atoms with van der Waals surface area (Å²) in [5.74, 6) is 0.772. The van der Waals surface area contributed by atoms with E-state index in [-0.39, 0.29) is 11.8 Å². The van der Waals surface area contributed by atoms with Gasteiger partial charge < -0.3 is 24.8 Å². The molecule has 0 aliphatic carbocycles. The van der Waals surface area contributed by atoms with Crippen molar-refractivity contribution in [3.8, 4) is 5.75 Å². The Hall–Kier alpha value is -1.86. The first-order valence-corrected chi connectivity index (χ1v) is 12.7. The summed E-state index contributed by atoms with van der Waals surface area (Å²) in [4.78, 5) is 25.9. The fraction of sp³-hybridized carbons (Fsp3) is 0.680. The van der Waals surface area contributed by atoms with Crippen LogP contribution in [0.15, 0.2) is 18.2 Å². The third-order valence-electron chi connectivity index (χ3n) is 5.03. The van der Waals surface area contributed by atoms with Crippen molar-refractivity contribution in [1.29, 1.82) is 0 Å². The number of amides is 1. The zero-order chi connectivity index (χ0) is 25.9. The SMILES string of the molecule is CCOc1ccc(N(CCCl)CCCl)cc1CC(C)(C)C[C@@H](CC(=O)O)NC(=O)OC(C)(C)C. The number of hydrogen-bond donors (Lipinski definition) is 2. The number of aliphatic carboxylic acids is 1. The van der Waals surface area contributed by atoms with Crippen LogP contribution in [0.1, 0.15) is 59.9 Å². The summed E-state index contributed by atoms with van der Waals surface area (Å²) in [5, 5.41) is 12.1. The molecule has 1 amide bonds. The molecule has 34 heavy (non-hydrogen) atoms. The molecule has 0 aliphatic heterocycles. The first-order chi connectivity index (χ1) is 15.8. The van der Waals surface area contributed by atoms with E-state index in [4.69, 9.17) is 32.7 Å². The molecular formula is C25H40Cl2N2O5. The molecule has 1 aromatic carbocycles. The standard InChI is InChI=1S/C25H40Cl2N2O5/c1-7-33-21-9-8-20(29(12-10-26)13-11-27)14-18(21)16-25(5,6)17-19(15-22(30)31)28-23(32)34-24(2,3)4/h8-9,14,19H,7,10-13,15-17H2,1-6H3,(H,28,32)(H,30,31)/t19-/m1/s1. The number of nitrogens with one attached hydrogen (secondary N) is 1. The number of alkyl halides is 2. The molecule has 0 spiro atoms. The Balaban J connectivity index is 3.14. The topological polar surface area (TPSA) is 88.1 Å². The fourth-order valence-corrected chi connectivity index (χ4v) is 4.29. The molecule has 1 atom stereocenters. The van der Waals surface area contributed by atoms with E-state index in [0.717, 1.165) is 17.0 Å². The van der Waals surface area contributed by atoms with Crippen molar-refractivity contribution < 1.29 is 24.2 Å². The average Bonchev–Trinajstić information content (AvgIpc) is 2.66. The van der Waals surface area contributed by atoms with Gasteiger partial charge in [0.2, 0.25) is 0 Å². The van der Waals surface area contributed by atoms with Crippen molar-refractivity contribution in [2.45, 2.75) is 72.4 Å². The van der Waals surface area contributed by atoms with Gasteiger partial charge in [0.15, 0.2) is 0 Å². The predicted molar refractivity (Wildman–Crippen MR) is 139 cm³/mol. The van der Waals surface area contributed by atoms with Gasteiger partial charge in [0, 0.05) is 36.6 Å². The molecule has 0 bridgehead atoms. The van der Waals surface area contributed by atoms with Gasteiger partial charge in [-0.2, -0.15) is 0 Å². The van der Waals surface area contributed by atoms with Gasteiger partial charge >= 0.3 is 12.1 Å². The van der Waals surface area contributed by atoms with E-state index in [1.54, 1.807) is 20.8 Å². The normalized spacial score (nSPS) is 12.7. The van der Waals surface area contributed by atoms with Crippen LogP contribution in [0.25, 0.3) is 0 Å². The Kier molecular flexibility index (Phi) is 12.3. The monoisotopic (exact) mass is 518 g/mol. The molecule has 2 N–H and O–H groups in total. The van der Waals surface area contributed by atoms with Crippen LogP contribution in [0.5, 0.6) is 5.75 Å². The highest BCUT2D eigenvalue weighted by Crippen LogP contribution is 2.35. The average molecular weight is 520 g/mol. The van der Waals surface area contributed by atoms with Crippen LogP contribution in [0.2, 0.25) is 0 Å². The van der Waals surface area contributed by atoms with Crippen molar-refractivity contribution in [3.63, 3.8) is 0 Å². The van der Waals surface area contributed by atoms with Crippen LogP contribution >= 0.6 is 23.2 Å². The van der Waals surface area contributed by atoms with E-state index in [2.05, 4.69) is 30.1 Å². The minimum atomic E-state index is -0.980. The predicted octanol–water partition coefficient (Wildman–Crippen LogP) is 5.70. The van der Waals surface area contributed by atoms with Gasteiger partial charge in [0.05, 0.1) is 13.0 Å². The molecule has 1 rings (SSSR count). The molecule has 1 aromatic rings. The number of halogens is 2. The quantitative estimate of drug-likeness (QED) is 0.307. The fourth-order valence-electron chi connectivity index (χ4n) is 3.89. The van der Waals surface area contributed by atoms with Gasteiger partial charge in [-0.3, -0.25) is 4.79 Å². The minimum absolute atomic E-state index is 0.194. The number of anilines is 1. The van der Waals surface area contributed by atoms with Crippen LogP contribution < -0.4 is 15.0 Å².